The summed E-state index contributed by atoms with van der Waals surface area (Å²) in [5.41, 5.74) is 0.857. The average molecular weight is 405 g/mol. The highest BCUT2D eigenvalue weighted by Crippen LogP contribution is 2.38. The molecule has 2 unspecified atom stereocenters. The lowest BCUT2D eigenvalue weighted by Gasteiger charge is -2.36. The van der Waals surface area contributed by atoms with Crippen molar-refractivity contribution in [2.24, 2.45) is 5.92 Å². The van der Waals surface area contributed by atoms with E-state index in [0.29, 0.717) is 13.0 Å². The monoisotopic (exact) mass is 405 g/mol. The number of hydrogen-bond donors (Lipinski definition) is 1. The molecule has 2 aromatic rings. The number of para-hydroxylation sites is 1. The third kappa shape index (κ3) is 3.70. The van der Waals surface area contributed by atoms with E-state index in [0.717, 1.165) is 35.4 Å². The Labute approximate surface area is 176 Å². The molecule has 2 atom stereocenters. The first-order valence-corrected chi connectivity index (χ1v) is 10.5. The number of benzene rings is 2. The molecule has 6 nitrogen and oxygen atoms in total. The molecule has 156 valence electrons. The summed E-state index contributed by atoms with van der Waals surface area (Å²) in [7, 11) is 0. The normalized spacial score (nSPS) is 23.5. The Kier molecular flexibility index (Phi) is 5.57. The standard InChI is InChI=1S/C24H27N3O3/c1-18-10-8-9-15-24(18)22(29)27(23(30)25-24)17-21(28)26(20-13-6-3-7-14-20)16-19-11-4-2-5-12-19/h2-7,11-14,18H,8-10,15-17H2,1H3,(H,25,30). The zero-order chi connectivity index (χ0) is 21.1. The van der Waals surface area contributed by atoms with Crippen molar-refractivity contribution in [3.8, 4) is 0 Å². The predicted octanol–water partition coefficient (Wildman–Crippen LogP) is 3.72. The summed E-state index contributed by atoms with van der Waals surface area (Å²) in [4.78, 5) is 41.9. The fourth-order valence-electron chi connectivity index (χ4n) is 4.56. The van der Waals surface area contributed by atoms with Gasteiger partial charge in [-0.3, -0.25) is 14.5 Å². The van der Waals surface area contributed by atoms with Crippen LogP contribution in [-0.2, 0) is 16.1 Å². The number of amides is 4. The molecule has 0 aromatic heterocycles. The molecule has 1 heterocycles. The van der Waals surface area contributed by atoms with Crippen molar-refractivity contribution in [1.29, 1.82) is 0 Å². The van der Waals surface area contributed by atoms with Gasteiger partial charge in [0.05, 0.1) is 6.54 Å². The second-order valence-electron chi connectivity index (χ2n) is 8.24. The summed E-state index contributed by atoms with van der Waals surface area (Å²) in [6.45, 7) is 2.12. The predicted molar refractivity (Wildman–Crippen MR) is 115 cm³/mol. The van der Waals surface area contributed by atoms with Crippen LogP contribution in [0.1, 0.15) is 38.2 Å². The average Bonchev–Trinajstić information content (AvgIpc) is 3.00. The van der Waals surface area contributed by atoms with E-state index in [4.69, 9.17) is 0 Å². The molecule has 1 saturated carbocycles. The molecule has 2 aromatic carbocycles. The van der Waals surface area contributed by atoms with Crippen LogP contribution >= 0.6 is 0 Å². The van der Waals surface area contributed by atoms with Crippen LogP contribution in [0.5, 0.6) is 0 Å². The summed E-state index contributed by atoms with van der Waals surface area (Å²) >= 11 is 0. The molecule has 30 heavy (non-hydrogen) atoms. The third-order valence-electron chi connectivity index (χ3n) is 6.35. The van der Waals surface area contributed by atoms with Crippen LogP contribution in [0.2, 0.25) is 0 Å². The molecule has 0 radical (unpaired) electrons. The molecule has 2 fully saturated rings. The molecule has 4 rings (SSSR count). The Morgan fingerprint density at radius 3 is 2.40 bits per heavy atom. The molecule has 4 amide bonds. The quantitative estimate of drug-likeness (QED) is 0.771. The van der Waals surface area contributed by atoms with Gasteiger partial charge >= 0.3 is 6.03 Å². The van der Waals surface area contributed by atoms with E-state index < -0.39 is 11.6 Å². The summed E-state index contributed by atoms with van der Waals surface area (Å²) in [6.07, 6.45) is 3.50. The molecule has 0 bridgehead atoms. The van der Waals surface area contributed by atoms with Gasteiger partial charge in [-0.1, -0.05) is 68.3 Å². The number of nitrogens with zero attached hydrogens (tertiary/aromatic N) is 2. The highest BCUT2D eigenvalue weighted by atomic mass is 16.2. The van der Waals surface area contributed by atoms with Crippen LogP contribution in [-0.4, -0.2) is 34.8 Å². The van der Waals surface area contributed by atoms with Crippen molar-refractivity contribution >= 4 is 23.5 Å². The summed E-state index contributed by atoms with van der Waals surface area (Å²) < 4.78 is 0. The van der Waals surface area contributed by atoms with E-state index in [2.05, 4.69) is 5.32 Å². The Morgan fingerprint density at radius 1 is 1.07 bits per heavy atom. The van der Waals surface area contributed by atoms with Crippen LogP contribution in [0.4, 0.5) is 10.5 Å². The van der Waals surface area contributed by atoms with Gasteiger partial charge in [-0.15, -0.1) is 0 Å². The third-order valence-corrected chi connectivity index (χ3v) is 6.35. The van der Waals surface area contributed by atoms with Crippen LogP contribution in [0.15, 0.2) is 60.7 Å². The lowest BCUT2D eigenvalue weighted by Crippen LogP contribution is -2.54. The minimum atomic E-state index is -0.855. The largest absolute Gasteiger partial charge is 0.325 e. The van der Waals surface area contributed by atoms with Crippen LogP contribution < -0.4 is 10.2 Å². The Morgan fingerprint density at radius 2 is 1.73 bits per heavy atom. The summed E-state index contributed by atoms with van der Waals surface area (Å²) in [6, 6.07) is 18.6. The van der Waals surface area contributed by atoms with Gasteiger partial charge in [0.25, 0.3) is 5.91 Å². The molecule has 1 saturated heterocycles. The number of urea groups is 1. The highest BCUT2D eigenvalue weighted by molar-refractivity contribution is 6.10. The number of nitrogens with one attached hydrogen (secondary N) is 1. The van der Waals surface area contributed by atoms with Crippen LogP contribution in [0, 0.1) is 5.92 Å². The van der Waals surface area contributed by atoms with Gasteiger partial charge in [0.2, 0.25) is 5.91 Å². The van der Waals surface area contributed by atoms with Gasteiger partial charge in [0.15, 0.2) is 0 Å². The minimum Gasteiger partial charge on any atom is -0.323 e. The molecular weight excluding hydrogens is 378 g/mol. The van der Waals surface area contributed by atoms with Gasteiger partial charge in [-0.2, -0.15) is 0 Å². The van der Waals surface area contributed by atoms with Crippen molar-refractivity contribution in [3.63, 3.8) is 0 Å². The number of anilines is 1. The van der Waals surface area contributed by atoms with Gasteiger partial charge in [-0.25, -0.2) is 4.79 Å². The molecule has 1 spiro atoms. The fraction of sp³-hybridized carbons (Fsp3) is 0.375. The van der Waals surface area contributed by atoms with Crippen molar-refractivity contribution in [3.05, 3.63) is 66.2 Å². The smallest absolute Gasteiger partial charge is 0.323 e. The number of hydrogen-bond acceptors (Lipinski definition) is 3. The number of carbonyl (C=O) groups excluding carboxylic acids is 3. The first-order chi connectivity index (χ1) is 14.5. The maximum Gasteiger partial charge on any atom is 0.325 e. The van der Waals surface area contributed by atoms with Crippen molar-refractivity contribution in [2.45, 2.75) is 44.7 Å². The summed E-state index contributed by atoms with van der Waals surface area (Å²) in [5, 5.41) is 2.92. The van der Waals surface area contributed by atoms with Crippen LogP contribution in [0.25, 0.3) is 0 Å². The minimum absolute atomic E-state index is 0.0670. The maximum absolute atomic E-state index is 13.3. The van der Waals surface area contributed by atoms with E-state index in [1.807, 2.05) is 67.6 Å². The van der Waals surface area contributed by atoms with Gasteiger partial charge in [-0.05, 0) is 36.5 Å². The van der Waals surface area contributed by atoms with Gasteiger partial charge in [0, 0.05) is 5.69 Å². The Bertz CT molecular complexity index is 931. The lowest BCUT2D eigenvalue weighted by molar-refractivity contribution is -0.136. The molecule has 6 heteroatoms. The number of imide groups is 1. The molecular formula is C24H27N3O3. The number of rotatable bonds is 5. The van der Waals surface area contributed by atoms with E-state index in [9.17, 15) is 14.4 Å². The van der Waals surface area contributed by atoms with E-state index in [-0.39, 0.29) is 24.3 Å². The number of carbonyl (C=O) groups is 3. The van der Waals surface area contributed by atoms with Gasteiger partial charge in [0.1, 0.15) is 12.1 Å². The van der Waals surface area contributed by atoms with Crippen molar-refractivity contribution in [1.82, 2.24) is 10.2 Å². The van der Waals surface area contributed by atoms with Crippen LogP contribution in [0.3, 0.4) is 0 Å². The molecule has 2 aliphatic rings. The lowest BCUT2D eigenvalue weighted by atomic mass is 9.73. The molecule has 1 aliphatic carbocycles. The Balaban J connectivity index is 1.56. The zero-order valence-electron chi connectivity index (χ0n) is 17.2. The Hall–Kier alpha value is -3.15. The second-order valence-corrected chi connectivity index (χ2v) is 8.24. The molecule has 1 N–H and O–H groups in total. The van der Waals surface area contributed by atoms with Gasteiger partial charge < -0.3 is 10.2 Å². The zero-order valence-corrected chi connectivity index (χ0v) is 17.2. The van der Waals surface area contributed by atoms with Crippen molar-refractivity contribution in [2.75, 3.05) is 11.4 Å². The maximum atomic E-state index is 13.3. The van der Waals surface area contributed by atoms with E-state index in [1.165, 1.54) is 0 Å². The first kappa shape index (κ1) is 20.1. The SMILES string of the molecule is CC1CCCCC12NC(=O)N(CC(=O)N(Cc1ccccc1)c1ccccc1)C2=O. The topological polar surface area (TPSA) is 69.7 Å². The van der Waals surface area contributed by atoms with Crippen molar-refractivity contribution < 1.29 is 14.4 Å². The first-order valence-electron chi connectivity index (χ1n) is 10.5. The van der Waals surface area contributed by atoms with E-state index >= 15 is 0 Å². The summed E-state index contributed by atoms with van der Waals surface area (Å²) in [5.74, 6) is -0.479. The second kappa shape index (κ2) is 8.30. The molecule has 1 aliphatic heterocycles. The highest BCUT2D eigenvalue weighted by Gasteiger charge is 2.55. The fourth-order valence-corrected chi connectivity index (χ4v) is 4.56. The van der Waals surface area contributed by atoms with E-state index in [1.54, 1.807) is 4.90 Å².